The first-order valence-electron chi connectivity index (χ1n) is 7.79. The highest BCUT2D eigenvalue weighted by Gasteiger charge is 2.28. The van der Waals surface area contributed by atoms with Crippen LogP contribution in [0.15, 0.2) is 0 Å². The highest BCUT2D eigenvalue weighted by Crippen LogP contribution is 2.21. The summed E-state index contributed by atoms with van der Waals surface area (Å²) in [5.41, 5.74) is 0. The topological polar surface area (TPSA) is 78.9 Å². The third-order valence-corrected chi connectivity index (χ3v) is 3.95. The van der Waals surface area contributed by atoms with E-state index in [9.17, 15) is 9.59 Å². The first-order chi connectivity index (χ1) is 9.93. The SMILES string of the molecule is CCOCC(NC(=O)N1CCC(CCC(=O)O)C1)C(C)C. The Bertz CT molecular complexity index is 347. The molecule has 6 heteroatoms. The molecule has 0 radical (unpaired) electrons. The highest BCUT2D eigenvalue weighted by molar-refractivity contribution is 5.75. The monoisotopic (exact) mass is 300 g/mol. The van der Waals surface area contributed by atoms with Crippen LogP contribution in [0.1, 0.15) is 40.0 Å². The maximum Gasteiger partial charge on any atom is 0.317 e. The van der Waals surface area contributed by atoms with E-state index < -0.39 is 5.97 Å². The molecule has 6 nitrogen and oxygen atoms in total. The molecule has 0 aromatic carbocycles. The van der Waals surface area contributed by atoms with Crippen LogP contribution in [0.5, 0.6) is 0 Å². The quantitative estimate of drug-likeness (QED) is 0.718. The fourth-order valence-corrected chi connectivity index (χ4v) is 2.48. The minimum Gasteiger partial charge on any atom is -0.481 e. The number of hydrogen-bond acceptors (Lipinski definition) is 3. The van der Waals surface area contributed by atoms with Crippen molar-refractivity contribution in [3.63, 3.8) is 0 Å². The molecule has 1 aliphatic heterocycles. The van der Waals surface area contributed by atoms with E-state index in [1.54, 1.807) is 4.90 Å². The maximum atomic E-state index is 12.2. The lowest BCUT2D eigenvalue weighted by Crippen LogP contribution is -2.48. The molecular weight excluding hydrogens is 272 g/mol. The van der Waals surface area contributed by atoms with Crippen molar-refractivity contribution in [2.45, 2.75) is 46.1 Å². The van der Waals surface area contributed by atoms with Crippen molar-refractivity contribution >= 4 is 12.0 Å². The molecule has 0 spiro atoms. The molecule has 0 aliphatic carbocycles. The van der Waals surface area contributed by atoms with Gasteiger partial charge in [0, 0.05) is 26.1 Å². The lowest BCUT2D eigenvalue weighted by molar-refractivity contribution is -0.137. The largest absolute Gasteiger partial charge is 0.481 e. The van der Waals surface area contributed by atoms with Gasteiger partial charge < -0.3 is 20.1 Å². The number of rotatable bonds is 8. The van der Waals surface area contributed by atoms with E-state index in [-0.39, 0.29) is 18.5 Å². The number of nitrogens with zero attached hydrogens (tertiary/aromatic N) is 1. The van der Waals surface area contributed by atoms with Gasteiger partial charge in [0.25, 0.3) is 0 Å². The number of nitrogens with one attached hydrogen (secondary N) is 1. The van der Waals surface area contributed by atoms with Gasteiger partial charge in [0.1, 0.15) is 0 Å². The van der Waals surface area contributed by atoms with Crippen molar-refractivity contribution in [3.8, 4) is 0 Å². The van der Waals surface area contributed by atoms with Crippen LogP contribution in [-0.4, -0.2) is 54.4 Å². The van der Waals surface area contributed by atoms with Crippen LogP contribution in [-0.2, 0) is 9.53 Å². The summed E-state index contributed by atoms with van der Waals surface area (Å²) in [4.78, 5) is 24.6. The summed E-state index contributed by atoms with van der Waals surface area (Å²) in [7, 11) is 0. The molecule has 0 bridgehead atoms. The van der Waals surface area contributed by atoms with Crippen molar-refractivity contribution in [2.24, 2.45) is 11.8 Å². The molecule has 1 aliphatic rings. The molecule has 1 saturated heterocycles. The summed E-state index contributed by atoms with van der Waals surface area (Å²) in [5, 5.41) is 11.7. The van der Waals surface area contributed by atoms with Crippen molar-refractivity contribution < 1.29 is 19.4 Å². The van der Waals surface area contributed by atoms with E-state index >= 15 is 0 Å². The Morgan fingerprint density at radius 3 is 2.71 bits per heavy atom. The number of urea groups is 1. The highest BCUT2D eigenvalue weighted by atomic mass is 16.5. The number of aliphatic carboxylic acids is 1. The van der Waals surface area contributed by atoms with E-state index in [2.05, 4.69) is 19.2 Å². The Balaban J connectivity index is 2.39. The van der Waals surface area contributed by atoms with Gasteiger partial charge in [-0.2, -0.15) is 0 Å². The van der Waals surface area contributed by atoms with Gasteiger partial charge >= 0.3 is 12.0 Å². The van der Waals surface area contributed by atoms with Crippen molar-refractivity contribution in [1.82, 2.24) is 10.2 Å². The lowest BCUT2D eigenvalue weighted by atomic mass is 10.0. The number of carboxylic acid groups (broad SMARTS) is 1. The van der Waals surface area contributed by atoms with E-state index in [4.69, 9.17) is 9.84 Å². The molecule has 1 rings (SSSR count). The number of ether oxygens (including phenoxy) is 1. The molecule has 1 fully saturated rings. The normalized spacial score (nSPS) is 19.8. The third kappa shape index (κ3) is 6.33. The molecule has 0 saturated carbocycles. The van der Waals surface area contributed by atoms with Gasteiger partial charge in [0.2, 0.25) is 0 Å². The number of hydrogen-bond donors (Lipinski definition) is 2. The van der Waals surface area contributed by atoms with Crippen molar-refractivity contribution in [3.05, 3.63) is 0 Å². The lowest BCUT2D eigenvalue weighted by Gasteiger charge is -2.25. The van der Waals surface area contributed by atoms with Crippen LogP contribution in [0.3, 0.4) is 0 Å². The average Bonchev–Trinajstić information content (AvgIpc) is 2.89. The summed E-state index contributed by atoms with van der Waals surface area (Å²) < 4.78 is 5.41. The van der Waals surface area contributed by atoms with Gasteiger partial charge in [-0.3, -0.25) is 4.79 Å². The fourth-order valence-electron chi connectivity index (χ4n) is 2.48. The number of carboxylic acids is 1. The predicted molar refractivity (Wildman–Crippen MR) is 80.2 cm³/mol. The van der Waals surface area contributed by atoms with Crippen LogP contribution in [0.4, 0.5) is 4.79 Å². The van der Waals surface area contributed by atoms with Crippen LogP contribution < -0.4 is 5.32 Å². The van der Waals surface area contributed by atoms with Crippen molar-refractivity contribution in [1.29, 1.82) is 0 Å². The predicted octanol–water partition coefficient (Wildman–Crippen LogP) is 1.94. The second-order valence-corrected chi connectivity index (χ2v) is 5.99. The second kappa shape index (κ2) is 8.87. The number of carbonyl (C=O) groups is 2. The Morgan fingerprint density at radius 1 is 1.43 bits per heavy atom. The van der Waals surface area contributed by atoms with Gasteiger partial charge in [0.15, 0.2) is 0 Å². The molecular formula is C15H28N2O4. The average molecular weight is 300 g/mol. The fraction of sp³-hybridized carbons (Fsp3) is 0.867. The van der Waals surface area contributed by atoms with Crippen LogP contribution in [0, 0.1) is 11.8 Å². The molecule has 0 aromatic rings. The first kappa shape index (κ1) is 17.8. The molecule has 122 valence electrons. The summed E-state index contributed by atoms with van der Waals surface area (Å²) >= 11 is 0. The summed E-state index contributed by atoms with van der Waals surface area (Å²) in [6.07, 6.45) is 1.71. The van der Waals surface area contributed by atoms with E-state index in [1.165, 1.54) is 0 Å². The second-order valence-electron chi connectivity index (χ2n) is 5.99. The van der Waals surface area contributed by atoms with E-state index in [1.807, 2.05) is 6.92 Å². The molecule has 2 atom stereocenters. The van der Waals surface area contributed by atoms with Gasteiger partial charge in [0.05, 0.1) is 12.6 Å². The van der Waals surface area contributed by atoms with Crippen molar-refractivity contribution in [2.75, 3.05) is 26.3 Å². The van der Waals surface area contributed by atoms with Gasteiger partial charge in [-0.15, -0.1) is 0 Å². The number of likely N-dealkylation sites (tertiary alicyclic amines) is 1. The van der Waals surface area contributed by atoms with Gasteiger partial charge in [-0.25, -0.2) is 4.79 Å². The zero-order chi connectivity index (χ0) is 15.8. The van der Waals surface area contributed by atoms with E-state index in [0.717, 1.165) is 6.42 Å². The minimum absolute atomic E-state index is 0.00974. The molecule has 2 unspecified atom stereocenters. The van der Waals surface area contributed by atoms with Gasteiger partial charge in [-0.05, 0) is 31.6 Å². The summed E-state index contributed by atoms with van der Waals surface area (Å²) in [6.45, 7) is 8.57. The molecule has 0 aromatic heterocycles. The third-order valence-electron chi connectivity index (χ3n) is 3.95. The minimum atomic E-state index is -0.769. The summed E-state index contributed by atoms with van der Waals surface area (Å²) in [5.74, 6) is -0.156. The van der Waals surface area contributed by atoms with Crippen LogP contribution >= 0.6 is 0 Å². The van der Waals surface area contributed by atoms with Crippen LogP contribution in [0.25, 0.3) is 0 Å². The smallest absolute Gasteiger partial charge is 0.317 e. The van der Waals surface area contributed by atoms with Gasteiger partial charge in [-0.1, -0.05) is 13.8 Å². The zero-order valence-electron chi connectivity index (χ0n) is 13.3. The van der Waals surface area contributed by atoms with E-state index in [0.29, 0.717) is 44.6 Å². The number of carbonyl (C=O) groups excluding carboxylic acids is 1. The Kier molecular flexibility index (Phi) is 7.50. The molecule has 2 amide bonds. The molecule has 21 heavy (non-hydrogen) atoms. The molecule has 1 heterocycles. The van der Waals surface area contributed by atoms with Crippen LogP contribution in [0.2, 0.25) is 0 Å². The zero-order valence-corrected chi connectivity index (χ0v) is 13.3. The summed E-state index contributed by atoms with van der Waals surface area (Å²) in [6, 6.07) is -0.0539. The maximum absolute atomic E-state index is 12.2. The Labute approximate surface area is 126 Å². The Morgan fingerprint density at radius 2 is 2.14 bits per heavy atom. The standard InChI is InChI=1S/C15H28N2O4/c1-4-21-10-13(11(2)3)16-15(20)17-8-7-12(9-17)5-6-14(18)19/h11-13H,4-10H2,1-3H3,(H,16,20)(H,18,19). The number of amides is 2. The molecule has 2 N–H and O–H groups in total. The Hall–Kier alpha value is -1.30. The first-order valence-corrected chi connectivity index (χ1v) is 7.79.